The van der Waals surface area contributed by atoms with Crippen molar-refractivity contribution in [1.29, 1.82) is 0 Å². The molecule has 6 heteroatoms. The Morgan fingerprint density at radius 3 is 2.62 bits per heavy atom. The first kappa shape index (κ1) is 18.5. The number of halogens is 1. The first-order valence-electron chi connectivity index (χ1n) is 8.24. The number of fused-ring (bicyclic) bond motifs is 3. The largest absolute Gasteiger partial charge is 0.507 e. The fourth-order valence-corrected chi connectivity index (χ4v) is 3.98. The van der Waals surface area contributed by atoms with Gasteiger partial charge in [0.2, 0.25) is 0 Å². The van der Waals surface area contributed by atoms with Crippen molar-refractivity contribution in [2.45, 2.75) is 13.5 Å². The van der Waals surface area contributed by atoms with Crippen LogP contribution in [0.5, 0.6) is 5.75 Å². The van der Waals surface area contributed by atoms with Crippen LogP contribution >= 0.6 is 23.7 Å². The molecule has 2 aromatic carbocycles. The summed E-state index contributed by atoms with van der Waals surface area (Å²) >= 11 is 1.42. The normalized spacial score (nSPS) is 11.0. The molecule has 0 radical (unpaired) electrons. The van der Waals surface area contributed by atoms with Gasteiger partial charge in [-0.25, -0.2) is 0 Å². The highest BCUT2D eigenvalue weighted by molar-refractivity contribution is 7.17. The van der Waals surface area contributed by atoms with Crippen molar-refractivity contribution in [2.24, 2.45) is 0 Å². The van der Waals surface area contributed by atoms with E-state index in [4.69, 9.17) is 0 Å². The summed E-state index contributed by atoms with van der Waals surface area (Å²) in [6.07, 6.45) is 0. The SMILES string of the molecule is CCNCc1ccc(-c2c(O)ccc3[nH]c(=O)c4sccc4c23)cc1.Cl. The number of hydrogen-bond acceptors (Lipinski definition) is 4. The summed E-state index contributed by atoms with van der Waals surface area (Å²) in [5, 5.41) is 17.5. The molecule has 0 saturated carbocycles. The smallest absolute Gasteiger partial charge is 0.266 e. The van der Waals surface area contributed by atoms with Gasteiger partial charge in [0.25, 0.3) is 5.56 Å². The minimum atomic E-state index is -0.0878. The van der Waals surface area contributed by atoms with Crippen LogP contribution in [0.4, 0.5) is 0 Å². The van der Waals surface area contributed by atoms with Crippen molar-refractivity contribution in [3.8, 4) is 16.9 Å². The van der Waals surface area contributed by atoms with Crippen LogP contribution in [0.3, 0.4) is 0 Å². The van der Waals surface area contributed by atoms with Gasteiger partial charge in [-0.2, -0.15) is 0 Å². The Balaban J connectivity index is 0.00000196. The van der Waals surface area contributed by atoms with E-state index in [-0.39, 0.29) is 23.7 Å². The van der Waals surface area contributed by atoms with Crippen molar-refractivity contribution >= 4 is 44.7 Å². The number of phenols is 1. The van der Waals surface area contributed by atoms with Gasteiger partial charge < -0.3 is 15.4 Å². The first-order valence-corrected chi connectivity index (χ1v) is 9.12. The molecule has 0 amide bonds. The first-order chi connectivity index (χ1) is 12.2. The Morgan fingerprint density at radius 1 is 1.12 bits per heavy atom. The molecular formula is C20H19ClN2O2S. The molecule has 0 bridgehead atoms. The number of aromatic amines is 1. The minimum absolute atomic E-state index is 0. The molecule has 4 aromatic rings. The van der Waals surface area contributed by atoms with E-state index in [0.29, 0.717) is 4.70 Å². The maximum atomic E-state index is 12.2. The molecule has 0 aliphatic carbocycles. The van der Waals surface area contributed by atoms with E-state index in [2.05, 4.69) is 29.4 Å². The average molecular weight is 387 g/mol. The van der Waals surface area contributed by atoms with Gasteiger partial charge in [0.1, 0.15) is 10.4 Å². The predicted molar refractivity (Wildman–Crippen MR) is 112 cm³/mol. The molecule has 0 aliphatic rings. The van der Waals surface area contributed by atoms with Crippen LogP contribution in [0.25, 0.3) is 32.1 Å². The lowest BCUT2D eigenvalue weighted by Crippen LogP contribution is -2.11. The Bertz CT molecular complexity index is 1120. The summed E-state index contributed by atoms with van der Waals surface area (Å²) in [5.41, 5.74) is 3.53. The highest BCUT2D eigenvalue weighted by atomic mass is 35.5. The van der Waals surface area contributed by atoms with Gasteiger partial charge in [-0.3, -0.25) is 4.79 Å². The lowest BCUT2D eigenvalue weighted by Gasteiger charge is -2.11. The Hall–Kier alpha value is -2.34. The monoisotopic (exact) mass is 386 g/mol. The molecule has 3 N–H and O–H groups in total. The van der Waals surface area contributed by atoms with Gasteiger partial charge in [-0.15, -0.1) is 23.7 Å². The maximum Gasteiger partial charge on any atom is 0.266 e. The number of nitrogens with one attached hydrogen (secondary N) is 2. The van der Waals surface area contributed by atoms with Crippen LogP contribution < -0.4 is 10.9 Å². The van der Waals surface area contributed by atoms with Gasteiger partial charge in [0.05, 0.1) is 0 Å². The van der Waals surface area contributed by atoms with Crippen LogP contribution in [0.15, 0.2) is 52.6 Å². The van der Waals surface area contributed by atoms with E-state index in [1.165, 1.54) is 16.9 Å². The number of rotatable bonds is 4. The van der Waals surface area contributed by atoms with E-state index < -0.39 is 0 Å². The molecule has 26 heavy (non-hydrogen) atoms. The molecule has 0 spiro atoms. The molecule has 0 saturated heterocycles. The molecule has 0 atom stereocenters. The van der Waals surface area contributed by atoms with E-state index in [1.807, 2.05) is 23.6 Å². The third-order valence-electron chi connectivity index (χ3n) is 4.39. The van der Waals surface area contributed by atoms with E-state index >= 15 is 0 Å². The number of pyridine rings is 1. The summed E-state index contributed by atoms with van der Waals surface area (Å²) in [4.78, 5) is 15.1. The van der Waals surface area contributed by atoms with E-state index in [1.54, 1.807) is 12.1 Å². The van der Waals surface area contributed by atoms with Gasteiger partial charge in [0, 0.05) is 28.4 Å². The van der Waals surface area contributed by atoms with Crippen molar-refractivity contribution in [3.05, 3.63) is 63.8 Å². The lowest BCUT2D eigenvalue weighted by atomic mass is 9.96. The zero-order valence-corrected chi connectivity index (χ0v) is 15.8. The fourth-order valence-electron chi connectivity index (χ4n) is 3.19. The summed E-state index contributed by atoms with van der Waals surface area (Å²) in [6, 6.07) is 13.5. The number of H-pyrrole nitrogens is 1. The third-order valence-corrected chi connectivity index (χ3v) is 5.31. The maximum absolute atomic E-state index is 12.2. The van der Waals surface area contributed by atoms with Crippen molar-refractivity contribution < 1.29 is 5.11 Å². The highest BCUT2D eigenvalue weighted by Gasteiger charge is 2.15. The Kier molecular flexibility index (Phi) is 5.32. The molecule has 0 unspecified atom stereocenters. The van der Waals surface area contributed by atoms with Crippen LogP contribution in [-0.2, 0) is 6.54 Å². The van der Waals surface area contributed by atoms with Crippen LogP contribution in [0.1, 0.15) is 12.5 Å². The highest BCUT2D eigenvalue weighted by Crippen LogP contribution is 2.39. The zero-order chi connectivity index (χ0) is 17.4. The van der Waals surface area contributed by atoms with E-state index in [0.717, 1.165) is 40.5 Å². The van der Waals surface area contributed by atoms with Crippen molar-refractivity contribution in [1.82, 2.24) is 10.3 Å². The molecule has 134 valence electrons. The van der Waals surface area contributed by atoms with Crippen LogP contribution in [-0.4, -0.2) is 16.6 Å². The van der Waals surface area contributed by atoms with Gasteiger partial charge in [-0.1, -0.05) is 31.2 Å². The number of thiophene rings is 1. The standard InChI is InChI=1S/C20H18N2O2S.ClH/c1-2-21-11-12-3-5-13(6-4-12)17-16(23)8-7-15-18(17)14-9-10-25-19(14)20(24)22-15;/h3-10,21,23H,2,11H2,1H3,(H,22,24);1H. The molecule has 2 aromatic heterocycles. The third kappa shape index (κ3) is 3.09. The van der Waals surface area contributed by atoms with E-state index in [9.17, 15) is 9.90 Å². The number of aromatic hydroxyl groups is 1. The fraction of sp³-hybridized carbons (Fsp3) is 0.150. The van der Waals surface area contributed by atoms with Crippen molar-refractivity contribution in [3.63, 3.8) is 0 Å². The number of hydrogen-bond donors (Lipinski definition) is 3. The molecule has 4 nitrogen and oxygen atoms in total. The number of aromatic nitrogens is 1. The number of phenolic OH excluding ortho intramolecular Hbond substituents is 1. The topological polar surface area (TPSA) is 65.1 Å². The Labute approximate surface area is 160 Å². The summed E-state index contributed by atoms with van der Waals surface area (Å²) in [7, 11) is 0. The number of benzene rings is 2. The van der Waals surface area contributed by atoms with Crippen LogP contribution in [0.2, 0.25) is 0 Å². The van der Waals surface area contributed by atoms with Crippen molar-refractivity contribution in [2.75, 3.05) is 6.54 Å². The molecule has 4 rings (SSSR count). The Morgan fingerprint density at radius 2 is 1.88 bits per heavy atom. The second-order valence-corrected chi connectivity index (χ2v) is 6.89. The average Bonchev–Trinajstić information content (AvgIpc) is 3.12. The zero-order valence-electron chi connectivity index (χ0n) is 14.2. The molecule has 0 fully saturated rings. The lowest BCUT2D eigenvalue weighted by molar-refractivity contribution is 0.478. The predicted octanol–water partition coefficient (Wildman–Crippen LogP) is 4.65. The quantitative estimate of drug-likeness (QED) is 0.478. The summed E-state index contributed by atoms with van der Waals surface area (Å²) in [6.45, 7) is 3.82. The van der Waals surface area contributed by atoms with Gasteiger partial charge in [0.15, 0.2) is 0 Å². The minimum Gasteiger partial charge on any atom is -0.507 e. The van der Waals surface area contributed by atoms with Crippen LogP contribution in [0, 0.1) is 0 Å². The molecule has 0 aliphatic heterocycles. The summed E-state index contributed by atoms with van der Waals surface area (Å²) in [5.74, 6) is 0.214. The second-order valence-electron chi connectivity index (χ2n) is 5.98. The van der Waals surface area contributed by atoms with Gasteiger partial charge >= 0.3 is 0 Å². The second kappa shape index (κ2) is 7.50. The van der Waals surface area contributed by atoms with Gasteiger partial charge in [-0.05, 0) is 41.3 Å². The summed E-state index contributed by atoms with van der Waals surface area (Å²) < 4.78 is 0.683. The molecule has 2 heterocycles. The molecular weight excluding hydrogens is 368 g/mol.